The number of anilines is 15. The van der Waals surface area contributed by atoms with Crippen molar-refractivity contribution in [3.05, 3.63) is 346 Å². The van der Waals surface area contributed by atoms with Gasteiger partial charge in [0.1, 0.15) is 11.5 Å². The number of thiophene rings is 2. The van der Waals surface area contributed by atoms with Gasteiger partial charge < -0.3 is 29.2 Å². The second-order valence-corrected chi connectivity index (χ2v) is 28.4. The molecule has 0 N–H and O–H groups in total. The predicted molar refractivity (Wildman–Crippen MR) is 427 cm³/mol. The average molecular weight is 1310 g/mol. The van der Waals surface area contributed by atoms with E-state index in [9.17, 15) is 0 Å². The van der Waals surface area contributed by atoms with Gasteiger partial charge in [-0.1, -0.05) is 212 Å². The zero-order valence-corrected chi connectivity index (χ0v) is 55.7. The van der Waals surface area contributed by atoms with E-state index in [1.54, 1.807) is 0 Å². The fraction of sp³-hybridized carbons (Fsp3) is 0. The maximum Gasteiger partial charge on any atom is 0.256 e. The molecule has 0 spiro atoms. The third kappa shape index (κ3) is 8.64. The van der Waals surface area contributed by atoms with Crippen molar-refractivity contribution in [3.63, 3.8) is 0 Å². The van der Waals surface area contributed by atoms with Crippen LogP contribution in [0.25, 0.3) is 51.5 Å². The van der Waals surface area contributed by atoms with Crippen molar-refractivity contribution in [2.45, 2.75) is 0 Å². The van der Waals surface area contributed by atoms with Gasteiger partial charge in [0, 0.05) is 109 Å². The second-order valence-electron chi connectivity index (χ2n) is 26.2. The Morgan fingerprint density at radius 1 is 0.270 bits per heavy atom. The molecule has 0 radical (unpaired) electrons. The van der Waals surface area contributed by atoms with Crippen LogP contribution in [0.4, 0.5) is 85.3 Å². The van der Waals surface area contributed by atoms with E-state index < -0.39 is 0 Å². The molecule has 6 nitrogen and oxygen atoms in total. The van der Waals surface area contributed by atoms with Crippen molar-refractivity contribution in [1.29, 1.82) is 0 Å². The van der Waals surface area contributed by atoms with Crippen LogP contribution in [0.5, 0.6) is 11.5 Å². The van der Waals surface area contributed by atoms with Crippen LogP contribution in [0.2, 0.25) is 0 Å². The zero-order valence-electron chi connectivity index (χ0n) is 54.0. The minimum atomic E-state index is -0.244. The maximum atomic E-state index is 7.54. The van der Waals surface area contributed by atoms with Gasteiger partial charge in [0.2, 0.25) is 0 Å². The van der Waals surface area contributed by atoms with E-state index in [1.165, 1.54) is 62.2 Å². The quantitative estimate of drug-likeness (QED) is 0.127. The summed E-state index contributed by atoms with van der Waals surface area (Å²) in [5.41, 5.74) is 25.7. The Morgan fingerprint density at radius 3 is 1.34 bits per heavy atom. The first kappa shape index (κ1) is 56.8. The lowest BCUT2D eigenvalue weighted by Gasteiger charge is -2.47. The summed E-state index contributed by atoms with van der Waals surface area (Å²) in [6.45, 7) is -0.459. The van der Waals surface area contributed by atoms with Crippen LogP contribution in [0.3, 0.4) is 0 Å². The molecule has 4 aliphatic heterocycles. The summed E-state index contributed by atoms with van der Waals surface area (Å²) in [6, 6.07) is 128. The number of hydrogen-bond donors (Lipinski definition) is 0. The van der Waals surface area contributed by atoms with Crippen molar-refractivity contribution >= 4 is 195 Å². The van der Waals surface area contributed by atoms with E-state index in [0.29, 0.717) is 0 Å². The van der Waals surface area contributed by atoms with Gasteiger partial charge >= 0.3 is 0 Å². The van der Waals surface area contributed by atoms with Gasteiger partial charge in [-0.05, 0) is 166 Å². The molecule has 0 saturated carbocycles. The van der Waals surface area contributed by atoms with Gasteiger partial charge in [-0.3, -0.25) is 0 Å². The van der Waals surface area contributed by atoms with Gasteiger partial charge in [-0.25, -0.2) is 0 Å². The summed E-state index contributed by atoms with van der Waals surface area (Å²) >= 11 is 3.73. The van der Waals surface area contributed by atoms with Crippen molar-refractivity contribution in [2.75, 3.05) is 24.5 Å². The first-order valence-corrected chi connectivity index (χ1v) is 35.8. The number of para-hydroxylation sites is 7. The van der Waals surface area contributed by atoms with E-state index in [2.05, 4.69) is 370 Å². The van der Waals surface area contributed by atoms with Crippen molar-refractivity contribution in [1.82, 2.24) is 0 Å². The lowest BCUT2D eigenvalue weighted by Crippen LogP contribution is -2.64. The molecule has 466 valence electrons. The third-order valence-electron chi connectivity index (χ3n) is 20.8. The molecule has 2 aromatic heterocycles. The van der Waals surface area contributed by atoms with Gasteiger partial charge in [-0.15, -0.1) is 22.7 Å². The van der Waals surface area contributed by atoms with E-state index in [-0.39, 0.29) is 13.4 Å². The Kier molecular flexibility index (Phi) is 12.9. The maximum absolute atomic E-state index is 7.54. The molecule has 10 heteroatoms. The normalized spacial score (nSPS) is 13.0. The highest BCUT2D eigenvalue weighted by Gasteiger charge is 2.49. The molecule has 100 heavy (non-hydrogen) atoms. The molecule has 21 rings (SSSR count). The van der Waals surface area contributed by atoms with Crippen LogP contribution in [-0.2, 0) is 0 Å². The Labute approximate surface area is 588 Å². The lowest BCUT2D eigenvalue weighted by molar-refractivity contribution is 0.487. The highest BCUT2D eigenvalue weighted by molar-refractivity contribution is 7.26. The van der Waals surface area contributed by atoms with Gasteiger partial charge in [0.25, 0.3) is 13.4 Å². The Morgan fingerprint density at radius 2 is 0.720 bits per heavy atom. The van der Waals surface area contributed by atoms with Crippen molar-refractivity contribution in [2.24, 2.45) is 0 Å². The highest BCUT2D eigenvalue weighted by Crippen LogP contribution is 2.55. The fourth-order valence-corrected chi connectivity index (χ4v) is 19.0. The van der Waals surface area contributed by atoms with Crippen LogP contribution < -0.4 is 62.0 Å². The summed E-state index contributed by atoms with van der Waals surface area (Å²) in [5, 5.41) is 4.90. The molecule has 15 aromatic carbocycles. The number of ether oxygens (including phenoxy) is 1. The van der Waals surface area contributed by atoms with Crippen LogP contribution in [0, 0.1) is 0 Å². The number of hydrogen-bond acceptors (Lipinski definition) is 8. The fourth-order valence-electron chi connectivity index (χ4n) is 16.8. The summed E-state index contributed by atoms with van der Waals surface area (Å²) in [7, 11) is 0. The van der Waals surface area contributed by atoms with Gasteiger partial charge in [0.15, 0.2) is 0 Å². The number of rotatable bonds is 10. The minimum Gasteiger partial charge on any atom is -0.458 e. The molecule has 0 saturated heterocycles. The van der Waals surface area contributed by atoms with E-state index >= 15 is 0 Å². The molecular weight excluding hydrogens is 1250 g/mol. The number of benzene rings is 15. The third-order valence-corrected chi connectivity index (χ3v) is 23.1. The summed E-state index contributed by atoms with van der Waals surface area (Å²) in [6.07, 6.45) is 0. The number of fused-ring (bicyclic) bond motifs is 14. The smallest absolute Gasteiger partial charge is 0.256 e. The van der Waals surface area contributed by atoms with E-state index in [0.717, 1.165) is 119 Å². The summed E-state index contributed by atoms with van der Waals surface area (Å²) < 4.78 is 12.5. The van der Waals surface area contributed by atoms with Crippen molar-refractivity contribution < 1.29 is 4.74 Å². The van der Waals surface area contributed by atoms with Crippen LogP contribution in [-0.4, -0.2) is 13.4 Å². The zero-order chi connectivity index (χ0) is 65.5. The first-order chi connectivity index (χ1) is 49.6. The topological polar surface area (TPSA) is 25.4 Å². The second kappa shape index (κ2) is 22.6. The molecule has 0 bridgehead atoms. The molecule has 0 aliphatic carbocycles. The lowest BCUT2D eigenvalue weighted by atomic mass is 9.30. The molecule has 0 fully saturated rings. The Bertz CT molecular complexity index is 6110. The molecule has 0 unspecified atom stereocenters. The minimum absolute atomic E-state index is 0.216. The molecular formula is C90H57B2N5OS2. The van der Waals surface area contributed by atoms with Crippen molar-refractivity contribution in [3.8, 4) is 22.6 Å². The summed E-state index contributed by atoms with van der Waals surface area (Å²) in [4.78, 5) is 12.7. The SMILES string of the molecule is c1ccc(-c2ccccc2N(c2ccccc2)c2cc3c4c(c2)N(c2cccc5sc6ccccc6c25)c2cc5c(cc2B4c2ccccc2O3)B2c3ccccc3N(c3ccccc3)c3cc(N(c4ccccc4)c4ccccc4)cc(c32)N5c2cccc3sc4ccccc4c23)cc1. The molecule has 17 aromatic rings. The molecule has 6 heterocycles. The van der Waals surface area contributed by atoms with Gasteiger partial charge in [0.05, 0.1) is 28.4 Å². The molecule has 0 atom stereocenters. The highest BCUT2D eigenvalue weighted by atomic mass is 32.1. The Hall–Kier alpha value is -12.3. The van der Waals surface area contributed by atoms with Gasteiger partial charge in [-0.2, -0.15) is 0 Å². The standard InChI is InChI=1S/C90H57B2N5OS2/c1-6-28-58(29-7-1)65-38-16-21-43-72(65)94(61-34-12-4-13-35-61)64-54-80-90-82(55-64)98-81-47-23-20-42-69(81)92(90)71-56-70-76(57-77(71)97(80)75-46-27-51-86-88(75)67-40-18-25-49-84(67)100-86)96(74-45-26-50-85-87(74)66-39-17-24-48-83(66)99-85)79-53-63(93(59-30-8-2-9-31-59)60-32-10-3-11-33-60)52-78-89(79)91(70)68-41-19-22-44-73(68)95(78)62-36-14-5-15-37-62/h1-57H. The largest absolute Gasteiger partial charge is 0.458 e. The van der Waals surface area contributed by atoms with Crippen LogP contribution in [0.15, 0.2) is 346 Å². The summed E-state index contributed by atoms with van der Waals surface area (Å²) in [5.74, 6) is 1.67. The van der Waals surface area contributed by atoms with Crippen LogP contribution in [0.1, 0.15) is 0 Å². The number of nitrogens with zero attached hydrogens (tertiary/aromatic N) is 5. The first-order valence-electron chi connectivity index (χ1n) is 34.2. The molecule has 0 amide bonds. The van der Waals surface area contributed by atoms with Crippen LogP contribution >= 0.6 is 22.7 Å². The molecule has 4 aliphatic rings. The monoisotopic (exact) mass is 1310 g/mol. The Balaban J connectivity index is 0.914. The van der Waals surface area contributed by atoms with E-state index in [4.69, 9.17) is 4.74 Å². The van der Waals surface area contributed by atoms with E-state index in [1.807, 2.05) is 22.7 Å². The predicted octanol–water partition coefficient (Wildman–Crippen LogP) is 21.5. The average Bonchev–Trinajstić information content (AvgIpc) is 0.796.